The number of aromatic nitrogens is 1. The highest BCUT2D eigenvalue weighted by Gasteiger charge is 2.19. The molecule has 9 heteroatoms. The lowest BCUT2D eigenvalue weighted by atomic mass is 10.1. The number of anilines is 2. The molecule has 0 bridgehead atoms. The molecule has 7 nitrogen and oxygen atoms in total. The molecule has 0 aliphatic carbocycles. The van der Waals surface area contributed by atoms with Gasteiger partial charge in [0.2, 0.25) is 0 Å². The number of ether oxygens (including phenoxy) is 1. The molecule has 27 heavy (non-hydrogen) atoms. The van der Waals surface area contributed by atoms with Crippen LogP contribution in [-0.4, -0.2) is 42.2 Å². The Balaban J connectivity index is 1.83. The summed E-state index contributed by atoms with van der Waals surface area (Å²) >= 11 is 2.84. The number of hydrogen-bond acceptors (Lipinski definition) is 8. The van der Waals surface area contributed by atoms with E-state index in [9.17, 15) is 14.7 Å². The lowest BCUT2D eigenvalue weighted by Gasteiger charge is -2.16. The summed E-state index contributed by atoms with van der Waals surface area (Å²) in [5, 5.41) is 13.8. The molecule has 1 aromatic carbocycles. The molecule has 2 aromatic heterocycles. The Hall–Kier alpha value is -2.65. The average Bonchev–Trinajstić information content (AvgIpc) is 3.23. The van der Waals surface area contributed by atoms with Gasteiger partial charge in [0.15, 0.2) is 10.9 Å². The molecule has 0 saturated heterocycles. The van der Waals surface area contributed by atoms with Crippen molar-refractivity contribution in [3.8, 4) is 5.75 Å². The largest absolute Gasteiger partial charge is 0.505 e. The van der Waals surface area contributed by atoms with Gasteiger partial charge in [0, 0.05) is 13.1 Å². The maximum absolute atomic E-state index is 12.6. The van der Waals surface area contributed by atoms with Crippen LogP contribution >= 0.6 is 22.7 Å². The van der Waals surface area contributed by atoms with Crippen molar-refractivity contribution in [3.05, 3.63) is 34.7 Å². The van der Waals surface area contributed by atoms with Crippen LogP contribution in [0, 0.1) is 0 Å². The van der Waals surface area contributed by atoms with Crippen LogP contribution in [0.25, 0.3) is 9.53 Å². The lowest BCUT2D eigenvalue weighted by molar-refractivity contribution is 0.0597. The van der Waals surface area contributed by atoms with Crippen molar-refractivity contribution in [2.45, 2.75) is 13.8 Å². The number of esters is 1. The number of para-hydroxylation sites is 1. The van der Waals surface area contributed by atoms with Gasteiger partial charge >= 0.3 is 5.97 Å². The highest BCUT2D eigenvalue weighted by Crippen LogP contribution is 2.35. The Bertz CT molecular complexity index is 960. The number of carbonyl (C=O) groups is 2. The first-order valence-corrected chi connectivity index (χ1v) is 9.98. The van der Waals surface area contributed by atoms with Crippen molar-refractivity contribution in [1.82, 2.24) is 4.98 Å². The molecular weight excluding hydrogens is 386 g/mol. The number of methoxy groups -OCH3 is 1. The van der Waals surface area contributed by atoms with Gasteiger partial charge in [-0.25, -0.2) is 9.78 Å². The van der Waals surface area contributed by atoms with E-state index in [1.807, 2.05) is 0 Å². The molecule has 1 amide bonds. The molecule has 3 aromatic rings. The summed E-state index contributed by atoms with van der Waals surface area (Å²) in [6.07, 6.45) is 0. The average molecular weight is 406 g/mol. The second-order valence-electron chi connectivity index (χ2n) is 5.60. The molecule has 2 heterocycles. The molecule has 0 aliphatic rings. The van der Waals surface area contributed by atoms with E-state index in [4.69, 9.17) is 0 Å². The first-order chi connectivity index (χ1) is 13.0. The number of carbonyl (C=O) groups excluding carboxylic acids is 2. The van der Waals surface area contributed by atoms with Crippen LogP contribution < -0.4 is 10.2 Å². The summed E-state index contributed by atoms with van der Waals surface area (Å²) in [7, 11) is 1.23. The SMILES string of the molecule is CCN(CC)c1nc2sc(C(=O)Nc3cccc(C(=O)OC)c3O)cc2s1. The number of aromatic hydroxyl groups is 1. The van der Waals surface area contributed by atoms with Gasteiger partial charge in [-0.3, -0.25) is 4.79 Å². The predicted octanol–water partition coefficient (Wildman–Crippen LogP) is 3.95. The zero-order valence-electron chi connectivity index (χ0n) is 15.1. The van der Waals surface area contributed by atoms with E-state index in [2.05, 4.69) is 33.8 Å². The number of nitrogens with one attached hydrogen (secondary N) is 1. The van der Waals surface area contributed by atoms with Crippen molar-refractivity contribution >= 4 is 54.9 Å². The lowest BCUT2D eigenvalue weighted by Crippen LogP contribution is -2.21. The molecular formula is C18H19N3O4S2. The molecule has 2 N–H and O–H groups in total. The number of fused-ring (bicyclic) bond motifs is 1. The molecule has 0 spiro atoms. The Kier molecular flexibility index (Phi) is 5.62. The number of thiazole rings is 1. The Morgan fingerprint density at radius 3 is 2.63 bits per heavy atom. The van der Waals surface area contributed by atoms with Crippen LogP contribution in [-0.2, 0) is 4.74 Å². The minimum Gasteiger partial charge on any atom is -0.505 e. The monoisotopic (exact) mass is 405 g/mol. The minimum atomic E-state index is -0.673. The van der Waals surface area contributed by atoms with Crippen LogP contribution in [0.2, 0.25) is 0 Å². The number of nitrogens with zero attached hydrogens (tertiary/aromatic N) is 2. The number of phenolic OH excluding ortho intramolecular Hbond substituents is 1. The van der Waals surface area contributed by atoms with Gasteiger partial charge in [-0.2, -0.15) is 0 Å². The second-order valence-corrected chi connectivity index (χ2v) is 7.64. The van der Waals surface area contributed by atoms with Crippen LogP contribution in [0.4, 0.5) is 10.8 Å². The van der Waals surface area contributed by atoms with E-state index >= 15 is 0 Å². The second kappa shape index (κ2) is 7.93. The fourth-order valence-corrected chi connectivity index (χ4v) is 4.80. The normalized spacial score (nSPS) is 10.8. The number of hydrogen-bond donors (Lipinski definition) is 2. The summed E-state index contributed by atoms with van der Waals surface area (Å²) in [6.45, 7) is 5.90. The summed E-state index contributed by atoms with van der Waals surface area (Å²) in [5.41, 5.74) is 0.143. The Morgan fingerprint density at radius 2 is 2.00 bits per heavy atom. The Labute approximate surface area is 164 Å². The van der Waals surface area contributed by atoms with E-state index in [0.717, 1.165) is 27.8 Å². The van der Waals surface area contributed by atoms with E-state index in [-0.39, 0.29) is 22.9 Å². The summed E-state index contributed by atoms with van der Waals surface area (Å²) in [4.78, 5) is 32.3. The van der Waals surface area contributed by atoms with E-state index in [1.165, 1.54) is 30.6 Å². The third-order valence-corrected chi connectivity index (χ3v) is 6.25. The van der Waals surface area contributed by atoms with E-state index in [1.54, 1.807) is 23.5 Å². The molecule has 0 atom stereocenters. The van der Waals surface area contributed by atoms with Gasteiger partial charge in [-0.1, -0.05) is 17.4 Å². The van der Waals surface area contributed by atoms with Crippen LogP contribution in [0.3, 0.4) is 0 Å². The van der Waals surface area contributed by atoms with Crippen molar-refractivity contribution in [3.63, 3.8) is 0 Å². The number of benzene rings is 1. The summed E-state index contributed by atoms with van der Waals surface area (Å²) in [6, 6.07) is 6.30. The predicted molar refractivity (Wildman–Crippen MR) is 108 cm³/mol. The molecule has 142 valence electrons. The molecule has 3 rings (SSSR count). The number of phenols is 1. The van der Waals surface area contributed by atoms with Gasteiger partial charge in [-0.15, -0.1) is 11.3 Å². The van der Waals surface area contributed by atoms with Crippen LogP contribution in [0.1, 0.15) is 33.9 Å². The first-order valence-electron chi connectivity index (χ1n) is 8.35. The fourth-order valence-electron chi connectivity index (χ4n) is 2.57. The highest BCUT2D eigenvalue weighted by atomic mass is 32.1. The molecule has 0 radical (unpaired) electrons. The quantitative estimate of drug-likeness (QED) is 0.477. The molecule has 0 fully saturated rings. The number of amides is 1. The first kappa shape index (κ1) is 19.1. The van der Waals surface area contributed by atoms with Crippen molar-refractivity contribution < 1.29 is 19.4 Å². The van der Waals surface area contributed by atoms with Crippen LogP contribution in [0.5, 0.6) is 5.75 Å². The van der Waals surface area contributed by atoms with E-state index in [0.29, 0.717) is 4.88 Å². The third kappa shape index (κ3) is 3.74. The fraction of sp³-hybridized carbons (Fsp3) is 0.278. The maximum atomic E-state index is 12.6. The highest BCUT2D eigenvalue weighted by molar-refractivity contribution is 7.29. The molecule has 0 saturated carbocycles. The smallest absolute Gasteiger partial charge is 0.341 e. The number of thiophene rings is 1. The molecule has 0 aliphatic heterocycles. The molecule has 0 unspecified atom stereocenters. The van der Waals surface area contributed by atoms with Crippen molar-refractivity contribution in [2.24, 2.45) is 0 Å². The minimum absolute atomic E-state index is 0.00649. The topological polar surface area (TPSA) is 91.8 Å². The Morgan fingerprint density at radius 1 is 1.26 bits per heavy atom. The van der Waals surface area contributed by atoms with Crippen molar-refractivity contribution in [1.29, 1.82) is 0 Å². The van der Waals surface area contributed by atoms with Gasteiger partial charge < -0.3 is 20.1 Å². The van der Waals surface area contributed by atoms with Crippen molar-refractivity contribution in [2.75, 3.05) is 30.4 Å². The third-order valence-electron chi connectivity index (χ3n) is 4.03. The van der Waals surface area contributed by atoms with Gasteiger partial charge in [0.1, 0.15) is 10.4 Å². The van der Waals surface area contributed by atoms with Crippen LogP contribution in [0.15, 0.2) is 24.3 Å². The van der Waals surface area contributed by atoms with Gasteiger partial charge in [0.25, 0.3) is 5.91 Å². The van der Waals surface area contributed by atoms with Gasteiger partial charge in [0.05, 0.1) is 22.4 Å². The summed E-state index contributed by atoms with van der Waals surface area (Å²) in [5.74, 6) is -1.36. The maximum Gasteiger partial charge on any atom is 0.341 e. The van der Waals surface area contributed by atoms with E-state index < -0.39 is 5.97 Å². The summed E-state index contributed by atoms with van der Waals surface area (Å²) < 4.78 is 5.56. The number of rotatable bonds is 6. The van der Waals surface area contributed by atoms with Gasteiger partial charge in [-0.05, 0) is 32.0 Å². The zero-order valence-corrected chi connectivity index (χ0v) is 16.7. The standard InChI is InChI=1S/C18H19N3O4S2/c1-4-21(5-2)18-20-16-13(27-18)9-12(26-16)15(23)19-11-8-6-7-10(14(11)22)17(24)25-3/h6-9,22H,4-5H2,1-3H3,(H,19,23). The zero-order chi connectivity index (χ0) is 19.6.